The van der Waals surface area contributed by atoms with Crippen molar-refractivity contribution < 1.29 is 4.74 Å². The molecule has 118 valence electrons. The molecule has 0 saturated heterocycles. The number of hydrogen-bond donors (Lipinski definition) is 1. The summed E-state index contributed by atoms with van der Waals surface area (Å²) in [6.45, 7) is 2.92. The lowest BCUT2D eigenvalue weighted by Crippen LogP contribution is -1.96. The van der Waals surface area contributed by atoms with Crippen molar-refractivity contribution in [3.63, 3.8) is 0 Å². The molecule has 1 aromatic carbocycles. The van der Waals surface area contributed by atoms with Crippen molar-refractivity contribution in [3.8, 4) is 17.0 Å². The first-order chi connectivity index (χ1) is 11.3. The maximum absolute atomic E-state index is 5.67. The highest BCUT2D eigenvalue weighted by molar-refractivity contribution is 7.14. The van der Waals surface area contributed by atoms with Crippen LogP contribution < -0.4 is 10.1 Å². The molecule has 0 aliphatic heterocycles. The molecule has 1 N–H and O–H groups in total. The molecular weight excluding hydrogens is 306 g/mol. The number of anilines is 2. The summed E-state index contributed by atoms with van der Waals surface area (Å²) in [5.41, 5.74) is 2.96. The van der Waals surface area contributed by atoms with Crippen molar-refractivity contribution in [3.05, 3.63) is 54.2 Å². The summed E-state index contributed by atoms with van der Waals surface area (Å²) in [6.07, 6.45) is 5.81. The third-order valence-corrected chi connectivity index (χ3v) is 4.09. The highest BCUT2D eigenvalue weighted by Gasteiger charge is 2.05. The molecule has 2 aromatic heterocycles. The number of unbranched alkanes of at least 4 members (excludes halogenated alkanes) is 1. The van der Waals surface area contributed by atoms with E-state index in [1.165, 1.54) is 0 Å². The first kappa shape index (κ1) is 15.5. The van der Waals surface area contributed by atoms with Gasteiger partial charge in [0.1, 0.15) is 5.75 Å². The number of thiazole rings is 1. The Morgan fingerprint density at radius 2 is 2.04 bits per heavy atom. The molecule has 0 radical (unpaired) electrons. The van der Waals surface area contributed by atoms with Crippen LogP contribution in [0.25, 0.3) is 11.3 Å². The molecule has 0 saturated carbocycles. The van der Waals surface area contributed by atoms with Crippen molar-refractivity contribution in [2.75, 3.05) is 11.9 Å². The van der Waals surface area contributed by atoms with Crippen LogP contribution in [0.4, 0.5) is 10.8 Å². The van der Waals surface area contributed by atoms with Crippen molar-refractivity contribution in [1.29, 1.82) is 0 Å². The molecule has 23 heavy (non-hydrogen) atoms. The number of rotatable bonds is 7. The van der Waals surface area contributed by atoms with Gasteiger partial charge in [-0.2, -0.15) is 0 Å². The molecule has 3 aromatic rings. The molecule has 0 fully saturated rings. The van der Waals surface area contributed by atoms with Crippen LogP contribution in [0.15, 0.2) is 54.2 Å². The summed E-state index contributed by atoms with van der Waals surface area (Å²) in [4.78, 5) is 8.72. The Hall–Kier alpha value is -2.40. The molecule has 2 heterocycles. The van der Waals surface area contributed by atoms with Gasteiger partial charge >= 0.3 is 0 Å². The molecule has 0 unspecified atom stereocenters. The second kappa shape index (κ2) is 7.74. The highest BCUT2D eigenvalue weighted by atomic mass is 32.1. The Labute approximate surface area is 140 Å². The predicted molar refractivity (Wildman–Crippen MR) is 95.5 cm³/mol. The number of nitrogens with one attached hydrogen (secondary N) is 1. The topological polar surface area (TPSA) is 47.0 Å². The van der Waals surface area contributed by atoms with E-state index >= 15 is 0 Å². The minimum Gasteiger partial charge on any atom is -0.494 e. The van der Waals surface area contributed by atoms with E-state index in [1.807, 2.05) is 48.0 Å². The number of benzene rings is 1. The molecule has 5 heteroatoms. The van der Waals surface area contributed by atoms with E-state index in [0.29, 0.717) is 0 Å². The highest BCUT2D eigenvalue weighted by Crippen LogP contribution is 2.27. The van der Waals surface area contributed by atoms with Crippen LogP contribution in [0.5, 0.6) is 5.75 Å². The van der Waals surface area contributed by atoms with Gasteiger partial charge < -0.3 is 10.1 Å². The largest absolute Gasteiger partial charge is 0.494 e. The molecule has 0 spiro atoms. The first-order valence-corrected chi connectivity index (χ1v) is 8.59. The fraction of sp³-hybridized carbons (Fsp3) is 0.222. The lowest BCUT2D eigenvalue weighted by atomic mass is 10.2. The fourth-order valence-corrected chi connectivity index (χ4v) is 2.81. The summed E-state index contributed by atoms with van der Waals surface area (Å²) in [5, 5.41) is 6.21. The quantitative estimate of drug-likeness (QED) is 0.612. The maximum atomic E-state index is 5.67. The van der Waals surface area contributed by atoms with Crippen LogP contribution in [0.1, 0.15) is 19.8 Å². The molecule has 0 atom stereocenters. The Balaban J connectivity index is 1.62. The SMILES string of the molecule is CCCCOc1ccc(Nc2nc(-c3cccnc3)cs2)cc1. The van der Waals surface area contributed by atoms with E-state index in [9.17, 15) is 0 Å². The lowest BCUT2D eigenvalue weighted by molar-refractivity contribution is 0.309. The van der Waals surface area contributed by atoms with Gasteiger partial charge in [-0.3, -0.25) is 4.98 Å². The average Bonchev–Trinajstić information content (AvgIpc) is 3.06. The first-order valence-electron chi connectivity index (χ1n) is 7.71. The number of aromatic nitrogens is 2. The number of nitrogens with zero attached hydrogens (tertiary/aromatic N) is 2. The van der Waals surface area contributed by atoms with Crippen LogP contribution in [-0.2, 0) is 0 Å². The van der Waals surface area contributed by atoms with Gasteiger partial charge in [-0.1, -0.05) is 13.3 Å². The van der Waals surface area contributed by atoms with Gasteiger partial charge in [-0.05, 0) is 42.8 Å². The Bertz CT molecular complexity index is 726. The molecule has 0 aliphatic carbocycles. The van der Waals surface area contributed by atoms with Gasteiger partial charge in [0.05, 0.1) is 12.3 Å². The Kier molecular flexibility index (Phi) is 5.21. The monoisotopic (exact) mass is 325 g/mol. The van der Waals surface area contributed by atoms with Gasteiger partial charge in [-0.15, -0.1) is 11.3 Å². The molecule has 4 nitrogen and oxygen atoms in total. The van der Waals surface area contributed by atoms with Crippen LogP contribution in [-0.4, -0.2) is 16.6 Å². The Morgan fingerprint density at radius 3 is 2.78 bits per heavy atom. The van der Waals surface area contributed by atoms with E-state index in [4.69, 9.17) is 4.74 Å². The van der Waals surface area contributed by atoms with Gasteiger partial charge in [0.25, 0.3) is 0 Å². The van der Waals surface area contributed by atoms with Gasteiger partial charge in [0.15, 0.2) is 5.13 Å². The van der Waals surface area contributed by atoms with Crippen molar-refractivity contribution in [1.82, 2.24) is 9.97 Å². The fourth-order valence-electron chi connectivity index (χ4n) is 2.07. The third kappa shape index (κ3) is 4.29. The van der Waals surface area contributed by atoms with Gasteiger partial charge in [0.2, 0.25) is 0 Å². The number of pyridine rings is 1. The van der Waals surface area contributed by atoms with Crippen molar-refractivity contribution in [2.24, 2.45) is 0 Å². The number of hydrogen-bond acceptors (Lipinski definition) is 5. The zero-order valence-corrected chi connectivity index (χ0v) is 13.8. The smallest absolute Gasteiger partial charge is 0.187 e. The zero-order valence-electron chi connectivity index (χ0n) is 13.0. The summed E-state index contributed by atoms with van der Waals surface area (Å²) >= 11 is 1.58. The molecule has 0 bridgehead atoms. The summed E-state index contributed by atoms with van der Waals surface area (Å²) in [7, 11) is 0. The van der Waals surface area contributed by atoms with E-state index in [-0.39, 0.29) is 0 Å². The minimum atomic E-state index is 0.768. The van der Waals surface area contributed by atoms with E-state index < -0.39 is 0 Å². The van der Waals surface area contributed by atoms with Gasteiger partial charge in [0, 0.05) is 29.0 Å². The van der Waals surface area contributed by atoms with Crippen molar-refractivity contribution in [2.45, 2.75) is 19.8 Å². The zero-order chi connectivity index (χ0) is 15.9. The summed E-state index contributed by atoms with van der Waals surface area (Å²) < 4.78 is 5.67. The molecule has 0 aliphatic rings. The second-order valence-electron chi connectivity index (χ2n) is 5.13. The predicted octanol–water partition coefficient (Wildman–Crippen LogP) is 5.13. The molecule has 0 amide bonds. The minimum absolute atomic E-state index is 0.768. The van der Waals surface area contributed by atoms with E-state index in [0.717, 1.165) is 47.3 Å². The standard InChI is InChI=1S/C18H19N3OS/c1-2-3-11-22-16-8-6-15(7-9-16)20-18-21-17(13-23-18)14-5-4-10-19-12-14/h4-10,12-13H,2-3,11H2,1H3,(H,20,21). The van der Waals surface area contributed by atoms with Crippen LogP contribution in [0.3, 0.4) is 0 Å². The van der Waals surface area contributed by atoms with Gasteiger partial charge in [-0.25, -0.2) is 4.98 Å². The van der Waals surface area contributed by atoms with Crippen LogP contribution in [0, 0.1) is 0 Å². The lowest BCUT2D eigenvalue weighted by Gasteiger charge is -2.07. The third-order valence-electron chi connectivity index (χ3n) is 3.33. The van der Waals surface area contributed by atoms with E-state index in [2.05, 4.69) is 22.2 Å². The normalized spacial score (nSPS) is 10.5. The Morgan fingerprint density at radius 1 is 1.17 bits per heavy atom. The average molecular weight is 325 g/mol. The summed E-state index contributed by atoms with van der Waals surface area (Å²) in [6, 6.07) is 11.9. The second-order valence-corrected chi connectivity index (χ2v) is 5.99. The van der Waals surface area contributed by atoms with Crippen molar-refractivity contribution >= 4 is 22.2 Å². The molecule has 3 rings (SSSR count). The van der Waals surface area contributed by atoms with Crippen LogP contribution >= 0.6 is 11.3 Å². The number of ether oxygens (including phenoxy) is 1. The van der Waals surface area contributed by atoms with Crippen LogP contribution in [0.2, 0.25) is 0 Å². The summed E-state index contributed by atoms with van der Waals surface area (Å²) in [5.74, 6) is 0.902. The maximum Gasteiger partial charge on any atom is 0.187 e. The molecular formula is C18H19N3OS. The van der Waals surface area contributed by atoms with E-state index in [1.54, 1.807) is 17.5 Å².